The van der Waals surface area contributed by atoms with Crippen molar-refractivity contribution in [3.63, 3.8) is 0 Å². The molecule has 2 aliphatic rings. The number of rotatable bonds is 2. The molecule has 2 N–H and O–H groups in total. The highest BCUT2D eigenvalue weighted by atomic mass is 16.4. The lowest BCUT2D eigenvalue weighted by molar-refractivity contribution is -0.151. The Labute approximate surface area is 119 Å². The molecule has 0 radical (unpaired) electrons. The molecule has 20 heavy (non-hydrogen) atoms. The van der Waals surface area contributed by atoms with E-state index in [0.29, 0.717) is 19.5 Å². The van der Waals surface area contributed by atoms with Crippen molar-refractivity contribution in [3.8, 4) is 0 Å². The molecule has 0 aliphatic carbocycles. The van der Waals surface area contributed by atoms with Gasteiger partial charge in [-0.3, -0.25) is 0 Å². The van der Waals surface area contributed by atoms with Crippen molar-refractivity contribution in [1.29, 1.82) is 0 Å². The molecule has 114 valence electrons. The van der Waals surface area contributed by atoms with Gasteiger partial charge in [-0.15, -0.1) is 0 Å². The van der Waals surface area contributed by atoms with Crippen molar-refractivity contribution in [2.75, 3.05) is 19.7 Å². The van der Waals surface area contributed by atoms with Gasteiger partial charge < -0.3 is 20.0 Å². The first kappa shape index (κ1) is 15.1. The number of carboxylic acids is 1. The van der Waals surface area contributed by atoms with E-state index in [-0.39, 0.29) is 18.7 Å². The Balaban J connectivity index is 2.19. The number of hydrogen-bond donors (Lipinski definition) is 2. The minimum absolute atomic E-state index is 0.0522. The third kappa shape index (κ3) is 2.61. The van der Waals surface area contributed by atoms with E-state index in [4.69, 9.17) is 0 Å². The predicted molar refractivity (Wildman–Crippen MR) is 73.4 cm³/mol. The number of aliphatic hydroxyl groups excluding tert-OH is 1. The van der Waals surface area contributed by atoms with Crippen molar-refractivity contribution in [3.05, 3.63) is 0 Å². The summed E-state index contributed by atoms with van der Waals surface area (Å²) in [7, 11) is 0. The SMILES string of the molecule is CC1(C(=O)O)CCCCN1C(=O)N1CCCCC1CO. The minimum Gasteiger partial charge on any atom is -0.480 e. The first-order chi connectivity index (χ1) is 9.50. The average molecular weight is 284 g/mol. The first-order valence-corrected chi connectivity index (χ1v) is 7.43. The van der Waals surface area contributed by atoms with Gasteiger partial charge in [0, 0.05) is 13.1 Å². The molecule has 2 heterocycles. The van der Waals surface area contributed by atoms with E-state index < -0.39 is 11.5 Å². The Kier molecular flexibility index (Phi) is 4.52. The number of amides is 2. The van der Waals surface area contributed by atoms with E-state index >= 15 is 0 Å². The highest BCUT2D eigenvalue weighted by molar-refractivity contribution is 5.86. The normalized spacial score (nSPS) is 31.2. The minimum atomic E-state index is -1.12. The summed E-state index contributed by atoms with van der Waals surface area (Å²) in [6.07, 6.45) is 4.87. The van der Waals surface area contributed by atoms with Crippen LogP contribution in [0.15, 0.2) is 0 Å². The average Bonchev–Trinajstić information content (AvgIpc) is 2.47. The molecular weight excluding hydrogens is 260 g/mol. The molecule has 2 rings (SSSR count). The largest absolute Gasteiger partial charge is 0.480 e. The molecule has 0 saturated carbocycles. The first-order valence-electron chi connectivity index (χ1n) is 7.43. The molecule has 0 aromatic rings. The van der Waals surface area contributed by atoms with Crippen LogP contribution in [0.2, 0.25) is 0 Å². The Bertz CT molecular complexity index is 387. The van der Waals surface area contributed by atoms with Gasteiger partial charge in [-0.05, 0) is 45.4 Å². The van der Waals surface area contributed by atoms with Crippen molar-refractivity contribution < 1.29 is 19.8 Å². The molecule has 0 aromatic carbocycles. The zero-order valence-electron chi connectivity index (χ0n) is 12.0. The number of aliphatic carboxylic acids is 1. The topological polar surface area (TPSA) is 81.1 Å². The van der Waals surface area contributed by atoms with Crippen LogP contribution in [-0.2, 0) is 4.79 Å². The molecule has 6 nitrogen and oxygen atoms in total. The highest BCUT2D eigenvalue weighted by Gasteiger charge is 2.46. The number of carbonyl (C=O) groups is 2. The summed E-state index contributed by atoms with van der Waals surface area (Å²) in [4.78, 5) is 27.4. The molecular formula is C14H24N2O4. The number of carbonyl (C=O) groups excluding carboxylic acids is 1. The fourth-order valence-corrected chi connectivity index (χ4v) is 3.25. The number of nitrogens with zero attached hydrogens (tertiary/aromatic N) is 2. The van der Waals surface area contributed by atoms with Crippen LogP contribution in [-0.4, -0.2) is 63.3 Å². The van der Waals surface area contributed by atoms with Gasteiger partial charge in [0.1, 0.15) is 5.54 Å². The van der Waals surface area contributed by atoms with Gasteiger partial charge in [-0.2, -0.15) is 0 Å². The summed E-state index contributed by atoms with van der Waals surface area (Å²) in [6.45, 7) is 2.67. The molecule has 0 spiro atoms. The Hall–Kier alpha value is -1.30. The Morgan fingerprint density at radius 3 is 2.55 bits per heavy atom. The Morgan fingerprint density at radius 1 is 1.20 bits per heavy atom. The van der Waals surface area contributed by atoms with E-state index in [1.807, 2.05) is 0 Å². The van der Waals surface area contributed by atoms with Crippen molar-refractivity contribution in [1.82, 2.24) is 9.80 Å². The summed E-state index contributed by atoms with van der Waals surface area (Å²) in [5.74, 6) is -0.942. The van der Waals surface area contributed by atoms with Crippen LogP contribution in [0, 0.1) is 0 Å². The molecule has 2 atom stereocenters. The predicted octanol–water partition coefficient (Wildman–Crippen LogP) is 1.28. The second-order valence-electron chi connectivity index (χ2n) is 6.00. The standard InChI is InChI=1S/C14H24N2O4/c1-14(12(18)19)7-3-5-9-16(14)13(20)15-8-4-2-6-11(15)10-17/h11,17H,2-10H2,1H3,(H,18,19). The number of likely N-dealkylation sites (tertiary alicyclic amines) is 2. The summed E-state index contributed by atoms with van der Waals surface area (Å²) in [6, 6.07) is -0.399. The molecule has 2 amide bonds. The molecule has 2 unspecified atom stereocenters. The lowest BCUT2D eigenvalue weighted by Crippen LogP contribution is -2.62. The smallest absolute Gasteiger partial charge is 0.329 e. The van der Waals surface area contributed by atoms with Crippen LogP contribution in [0.4, 0.5) is 4.79 Å². The molecule has 2 fully saturated rings. The van der Waals surface area contributed by atoms with Gasteiger partial charge in [0.15, 0.2) is 0 Å². The number of piperidine rings is 2. The number of hydrogen-bond acceptors (Lipinski definition) is 3. The van der Waals surface area contributed by atoms with Crippen LogP contribution in [0.5, 0.6) is 0 Å². The van der Waals surface area contributed by atoms with Gasteiger partial charge in [-0.1, -0.05) is 0 Å². The van der Waals surface area contributed by atoms with Crippen molar-refractivity contribution in [2.24, 2.45) is 0 Å². The Morgan fingerprint density at radius 2 is 1.90 bits per heavy atom. The monoisotopic (exact) mass is 284 g/mol. The van der Waals surface area contributed by atoms with Crippen LogP contribution in [0.25, 0.3) is 0 Å². The maximum atomic E-state index is 12.7. The van der Waals surface area contributed by atoms with E-state index in [9.17, 15) is 19.8 Å². The third-order valence-corrected chi connectivity index (χ3v) is 4.67. The summed E-state index contributed by atoms with van der Waals surface area (Å²) in [5.41, 5.74) is -1.12. The molecule has 2 aliphatic heterocycles. The number of aliphatic hydroxyl groups is 1. The fraction of sp³-hybridized carbons (Fsp3) is 0.857. The maximum absolute atomic E-state index is 12.7. The zero-order chi connectivity index (χ0) is 14.8. The van der Waals surface area contributed by atoms with Crippen molar-refractivity contribution >= 4 is 12.0 Å². The van der Waals surface area contributed by atoms with Gasteiger partial charge in [0.2, 0.25) is 0 Å². The fourth-order valence-electron chi connectivity index (χ4n) is 3.25. The second-order valence-corrected chi connectivity index (χ2v) is 6.00. The highest BCUT2D eigenvalue weighted by Crippen LogP contribution is 2.30. The van der Waals surface area contributed by atoms with Crippen LogP contribution in [0.1, 0.15) is 45.4 Å². The van der Waals surface area contributed by atoms with Gasteiger partial charge >= 0.3 is 12.0 Å². The summed E-state index contributed by atoms with van der Waals surface area (Å²) >= 11 is 0. The summed E-state index contributed by atoms with van der Waals surface area (Å²) in [5, 5.41) is 18.9. The van der Waals surface area contributed by atoms with Gasteiger partial charge in [0.25, 0.3) is 0 Å². The molecule has 0 bridgehead atoms. The maximum Gasteiger partial charge on any atom is 0.329 e. The van der Waals surface area contributed by atoms with E-state index in [1.54, 1.807) is 11.8 Å². The number of urea groups is 1. The van der Waals surface area contributed by atoms with E-state index in [0.717, 1.165) is 32.1 Å². The molecule has 2 saturated heterocycles. The number of carboxylic acid groups (broad SMARTS) is 1. The van der Waals surface area contributed by atoms with Crippen LogP contribution in [0.3, 0.4) is 0 Å². The quantitative estimate of drug-likeness (QED) is 0.800. The van der Waals surface area contributed by atoms with Crippen LogP contribution >= 0.6 is 0 Å². The second kappa shape index (κ2) is 5.99. The lowest BCUT2D eigenvalue weighted by atomic mass is 9.88. The van der Waals surface area contributed by atoms with E-state index in [1.165, 1.54) is 4.90 Å². The van der Waals surface area contributed by atoms with Gasteiger partial charge in [-0.25, -0.2) is 9.59 Å². The van der Waals surface area contributed by atoms with Crippen molar-refractivity contribution in [2.45, 2.75) is 57.0 Å². The lowest BCUT2D eigenvalue weighted by Gasteiger charge is -2.46. The zero-order valence-corrected chi connectivity index (χ0v) is 12.0. The molecule has 0 aromatic heterocycles. The molecule has 6 heteroatoms. The summed E-state index contributed by atoms with van der Waals surface area (Å²) < 4.78 is 0. The van der Waals surface area contributed by atoms with Crippen LogP contribution < -0.4 is 0 Å². The van der Waals surface area contributed by atoms with E-state index in [2.05, 4.69) is 0 Å². The van der Waals surface area contributed by atoms with Gasteiger partial charge in [0.05, 0.1) is 12.6 Å². The third-order valence-electron chi connectivity index (χ3n) is 4.67.